The van der Waals surface area contributed by atoms with E-state index in [0.29, 0.717) is 42.1 Å². The van der Waals surface area contributed by atoms with E-state index >= 15 is 0 Å². The van der Waals surface area contributed by atoms with Gasteiger partial charge in [0.1, 0.15) is 5.76 Å². The lowest BCUT2D eigenvalue weighted by Crippen LogP contribution is -2.41. The Balaban J connectivity index is 1.72. The van der Waals surface area contributed by atoms with Gasteiger partial charge in [0.2, 0.25) is 5.89 Å². The van der Waals surface area contributed by atoms with E-state index in [0.717, 1.165) is 11.5 Å². The van der Waals surface area contributed by atoms with Crippen molar-refractivity contribution in [2.75, 3.05) is 20.1 Å². The topological polar surface area (TPSA) is 91.5 Å². The van der Waals surface area contributed by atoms with Gasteiger partial charge in [-0.3, -0.25) is 9.79 Å². The van der Waals surface area contributed by atoms with Crippen molar-refractivity contribution in [1.29, 1.82) is 0 Å². The van der Waals surface area contributed by atoms with Gasteiger partial charge in [-0.15, -0.1) is 0 Å². The first kappa shape index (κ1) is 18.8. The van der Waals surface area contributed by atoms with Gasteiger partial charge >= 0.3 is 0 Å². The van der Waals surface area contributed by atoms with Gasteiger partial charge in [-0.1, -0.05) is 23.7 Å². The Morgan fingerprint density at radius 1 is 1.20 bits per heavy atom. The summed E-state index contributed by atoms with van der Waals surface area (Å²) in [5.41, 5.74) is 1.34. The Bertz CT molecular complexity index is 738. The summed E-state index contributed by atoms with van der Waals surface area (Å²) in [5.74, 6) is 1.80. The van der Waals surface area contributed by atoms with Crippen molar-refractivity contribution in [1.82, 2.24) is 20.9 Å². The van der Waals surface area contributed by atoms with Gasteiger partial charge in [-0.25, -0.2) is 4.98 Å². The molecule has 1 aromatic carbocycles. The van der Waals surface area contributed by atoms with Crippen LogP contribution in [-0.2, 0) is 6.54 Å². The van der Waals surface area contributed by atoms with Crippen LogP contribution in [0.15, 0.2) is 33.7 Å². The summed E-state index contributed by atoms with van der Waals surface area (Å²) >= 11 is 6.00. The molecular formula is C17H22ClN5O2. The number of hydrogen-bond donors (Lipinski definition) is 3. The fourth-order valence-electron chi connectivity index (χ4n) is 2.09. The van der Waals surface area contributed by atoms with Crippen molar-refractivity contribution in [2.24, 2.45) is 4.99 Å². The molecule has 0 atom stereocenters. The van der Waals surface area contributed by atoms with Crippen LogP contribution in [-0.4, -0.2) is 37.0 Å². The third-order valence-corrected chi connectivity index (χ3v) is 3.85. The third kappa shape index (κ3) is 5.49. The highest BCUT2D eigenvalue weighted by atomic mass is 35.5. The number of guanidine groups is 1. The van der Waals surface area contributed by atoms with Crippen molar-refractivity contribution < 1.29 is 9.21 Å². The number of nitrogens with one attached hydrogen (secondary N) is 3. The van der Waals surface area contributed by atoms with Crippen LogP contribution in [0, 0.1) is 13.8 Å². The van der Waals surface area contributed by atoms with Gasteiger partial charge in [-0.05, 0) is 26.0 Å². The molecule has 25 heavy (non-hydrogen) atoms. The zero-order valence-corrected chi connectivity index (χ0v) is 15.3. The average molecular weight is 364 g/mol. The largest absolute Gasteiger partial charge is 0.444 e. The van der Waals surface area contributed by atoms with E-state index in [9.17, 15) is 4.79 Å². The Morgan fingerprint density at radius 2 is 1.92 bits per heavy atom. The minimum absolute atomic E-state index is 0.207. The Hall–Kier alpha value is -2.54. The van der Waals surface area contributed by atoms with Crippen molar-refractivity contribution >= 4 is 23.5 Å². The number of oxazole rings is 1. The molecule has 2 rings (SSSR count). The molecule has 2 aromatic rings. The highest BCUT2D eigenvalue weighted by Gasteiger charge is 2.09. The molecule has 1 amide bonds. The van der Waals surface area contributed by atoms with Crippen molar-refractivity contribution in [2.45, 2.75) is 20.4 Å². The van der Waals surface area contributed by atoms with Gasteiger partial charge in [0.05, 0.1) is 22.8 Å². The Morgan fingerprint density at radius 3 is 2.56 bits per heavy atom. The van der Waals surface area contributed by atoms with Crippen LogP contribution in [0.3, 0.4) is 0 Å². The zero-order chi connectivity index (χ0) is 18.2. The minimum Gasteiger partial charge on any atom is -0.444 e. The molecule has 0 fully saturated rings. The predicted molar refractivity (Wildman–Crippen MR) is 98.0 cm³/mol. The van der Waals surface area contributed by atoms with Crippen LogP contribution >= 0.6 is 11.6 Å². The van der Waals surface area contributed by atoms with E-state index < -0.39 is 0 Å². The average Bonchev–Trinajstić information content (AvgIpc) is 2.92. The van der Waals surface area contributed by atoms with Crippen LogP contribution in [0.4, 0.5) is 0 Å². The molecule has 0 saturated heterocycles. The molecule has 7 nitrogen and oxygen atoms in total. The molecule has 134 valence electrons. The van der Waals surface area contributed by atoms with Crippen molar-refractivity contribution in [3.63, 3.8) is 0 Å². The fourth-order valence-corrected chi connectivity index (χ4v) is 2.31. The summed E-state index contributed by atoms with van der Waals surface area (Å²) in [5, 5.41) is 9.44. The highest BCUT2D eigenvalue weighted by Crippen LogP contribution is 2.14. The molecule has 0 aliphatic heterocycles. The van der Waals surface area contributed by atoms with Crippen LogP contribution in [0.2, 0.25) is 5.02 Å². The molecule has 0 unspecified atom stereocenters. The van der Waals surface area contributed by atoms with Gasteiger partial charge in [-0.2, -0.15) is 0 Å². The first-order valence-electron chi connectivity index (χ1n) is 7.91. The number of aromatic nitrogens is 1. The zero-order valence-electron chi connectivity index (χ0n) is 14.5. The normalized spacial score (nSPS) is 11.3. The SMILES string of the molecule is CN=C(NCCNC(=O)c1ccccc1Cl)NCc1nc(C)c(C)o1. The molecule has 0 bridgehead atoms. The Kier molecular flexibility index (Phi) is 6.82. The number of aryl methyl sites for hydroxylation is 2. The van der Waals surface area contributed by atoms with Gasteiger partial charge in [0.15, 0.2) is 5.96 Å². The van der Waals surface area contributed by atoms with E-state index in [4.69, 9.17) is 16.0 Å². The molecule has 0 aliphatic rings. The molecule has 1 aromatic heterocycles. The molecule has 8 heteroatoms. The fraction of sp³-hybridized carbons (Fsp3) is 0.353. The standard InChI is InChI=1S/C17H22ClN5O2/c1-11-12(2)25-15(23-11)10-22-17(19-3)21-9-8-20-16(24)13-6-4-5-7-14(13)18/h4-7H,8-10H2,1-3H3,(H,20,24)(H2,19,21,22). The number of benzene rings is 1. The lowest BCUT2D eigenvalue weighted by atomic mass is 10.2. The predicted octanol–water partition coefficient (Wildman–Crippen LogP) is 2.04. The monoisotopic (exact) mass is 363 g/mol. The molecule has 0 aliphatic carbocycles. The lowest BCUT2D eigenvalue weighted by molar-refractivity contribution is 0.0954. The van der Waals surface area contributed by atoms with E-state index in [1.54, 1.807) is 31.3 Å². The number of rotatable bonds is 6. The van der Waals surface area contributed by atoms with Crippen LogP contribution < -0.4 is 16.0 Å². The van der Waals surface area contributed by atoms with Crippen LogP contribution in [0.5, 0.6) is 0 Å². The molecule has 0 radical (unpaired) electrons. The van der Waals surface area contributed by atoms with Crippen molar-refractivity contribution in [3.8, 4) is 0 Å². The number of amides is 1. The Labute approximate surface area is 151 Å². The van der Waals surface area contributed by atoms with E-state index in [-0.39, 0.29) is 5.91 Å². The number of carbonyl (C=O) groups is 1. The molecule has 0 saturated carbocycles. The maximum Gasteiger partial charge on any atom is 0.252 e. The van der Waals surface area contributed by atoms with Crippen molar-refractivity contribution in [3.05, 3.63) is 52.2 Å². The summed E-state index contributed by atoms with van der Waals surface area (Å²) in [6.45, 7) is 5.15. The number of halogens is 1. The second kappa shape index (κ2) is 9.08. The van der Waals surface area contributed by atoms with Crippen LogP contribution in [0.1, 0.15) is 27.7 Å². The molecule has 0 spiro atoms. The first-order chi connectivity index (χ1) is 12.0. The number of aliphatic imine (C=N–C) groups is 1. The summed E-state index contributed by atoms with van der Waals surface area (Å²) in [4.78, 5) is 20.4. The third-order valence-electron chi connectivity index (χ3n) is 3.52. The number of carbonyl (C=O) groups excluding carboxylic acids is 1. The minimum atomic E-state index is -0.207. The summed E-state index contributed by atoms with van der Waals surface area (Å²) in [6.07, 6.45) is 0. The highest BCUT2D eigenvalue weighted by molar-refractivity contribution is 6.33. The quantitative estimate of drug-likeness (QED) is 0.415. The number of hydrogen-bond acceptors (Lipinski definition) is 4. The lowest BCUT2D eigenvalue weighted by Gasteiger charge is -2.11. The maximum atomic E-state index is 12.0. The van der Waals surface area contributed by atoms with E-state index in [2.05, 4.69) is 25.9 Å². The van der Waals surface area contributed by atoms with Gasteiger partial charge < -0.3 is 20.4 Å². The maximum absolute atomic E-state index is 12.0. The summed E-state index contributed by atoms with van der Waals surface area (Å²) in [6, 6.07) is 6.93. The van der Waals surface area contributed by atoms with E-state index in [1.807, 2.05) is 13.8 Å². The molecule has 3 N–H and O–H groups in total. The second-order valence-corrected chi connectivity index (χ2v) is 5.74. The van der Waals surface area contributed by atoms with E-state index in [1.165, 1.54) is 0 Å². The molecule has 1 heterocycles. The second-order valence-electron chi connectivity index (χ2n) is 5.34. The molecular weight excluding hydrogens is 342 g/mol. The smallest absolute Gasteiger partial charge is 0.252 e. The number of nitrogens with zero attached hydrogens (tertiary/aromatic N) is 2. The van der Waals surface area contributed by atoms with Gasteiger partial charge in [0, 0.05) is 20.1 Å². The first-order valence-corrected chi connectivity index (χ1v) is 8.29. The summed E-state index contributed by atoms with van der Waals surface area (Å²) in [7, 11) is 1.67. The van der Waals surface area contributed by atoms with Crippen LogP contribution in [0.25, 0.3) is 0 Å². The summed E-state index contributed by atoms with van der Waals surface area (Å²) < 4.78 is 5.50. The van der Waals surface area contributed by atoms with Gasteiger partial charge in [0.25, 0.3) is 5.91 Å².